The third-order valence-electron chi connectivity index (χ3n) is 2.84. The zero-order valence-electron chi connectivity index (χ0n) is 10.3. The molecule has 0 bridgehead atoms. The van der Waals surface area contributed by atoms with Crippen molar-refractivity contribution in [3.05, 3.63) is 0 Å². The largest absolute Gasteiger partial charge is 0.389 e. The molecule has 2 unspecified atom stereocenters. The summed E-state index contributed by atoms with van der Waals surface area (Å²) in [6, 6.07) is 0.0544. The summed E-state index contributed by atoms with van der Waals surface area (Å²) in [7, 11) is -3.60. The van der Waals surface area contributed by atoms with E-state index >= 15 is 0 Å². The fourth-order valence-corrected chi connectivity index (χ4v) is 3.38. The van der Waals surface area contributed by atoms with Crippen LogP contribution in [0, 0.1) is 0 Å². The average molecular weight is 288 g/mol. The Morgan fingerprint density at radius 1 is 1.39 bits per heavy atom. The van der Waals surface area contributed by atoms with Crippen LogP contribution in [-0.4, -0.2) is 39.0 Å². The summed E-state index contributed by atoms with van der Waals surface area (Å²) < 4.78 is 61.4. The second kappa shape index (κ2) is 6.21. The zero-order valence-corrected chi connectivity index (χ0v) is 11.1. The Kier molecular flexibility index (Phi) is 5.42. The predicted octanol–water partition coefficient (Wildman–Crippen LogP) is 1.39. The van der Waals surface area contributed by atoms with E-state index in [-0.39, 0.29) is 18.5 Å². The van der Waals surface area contributed by atoms with Crippen LogP contribution in [0.4, 0.5) is 13.2 Å². The molecule has 1 fully saturated rings. The Morgan fingerprint density at radius 2 is 2.06 bits per heavy atom. The van der Waals surface area contributed by atoms with Crippen LogP contribution in [-0.2, 0) is 10.0 Å². The maximum Gasteiger partial charge on any atom is 0.389 e. The summed E-state index contributed by atoms with van der Waals surface area (Å²) in [6.07, 6.45) is -4.41. The van der Waals surface area contributed by atoms with E-state index in [0.29, 0.717) is 12.8 Å². The number of sulfonamides is 1. The minimum atomic E-state index is -4.29. The van der Waals surface area contributed by atoms with Crippen molar-refractivity contribution in [2.24, 2.45) is 0 Å². The van der Waals surface area contributed by atoms with E-state index in [1.54, 1.807) is 0 Å². The van der Waals surface area contributed by atoms with E-state index in [0.717, 1.165) is 6.54 Å². The van der Waals surface area contributed by atoms with Crippen LogP contribution in [0.3, 0.4) is 0 Å². The molecule has 0 spiro atoms. The quantitative estimate of drug-likeness (QED) is 0.804. The fraction of sp³-hybridized carbons (Fsp3) is 1.00. The van der Waals surface area contributed by atoms with Crippen LogP contribution in [0.2, 0.25) is 0 Å². The second-order valence-electron chi connectivity index (χ2n) is 4.73. The van der Waals surface area contributed by atoms with Gasteiger partial charge in [0.2, 0.25) is 10.0 Å². The number of rotatable bonds is 5. The van der Waals surface area contributed by atoms with E-state index in [9.17, 15) is 21.6 Å². The summed E-state index contributed by atoms with van der Waals surface area (Å²) in [5.74, 6) is -0.467. The molecule has 18 heavy (non-hydrogen) atoms. The van der Waals surface area contributed by atoms with Crippen LogP contribution in [0.1, 0.15) is 32.6 Å². The number of piperidine rings is 1. The highest BCUT2D eigenvalue weighted by Crippen LogP contribution is 2.21. The molecular formula is C10H19F3N2O2S. The van der Waals surface area contributed by atoms with Crippen molar-refractivity contribution < 1.29 is 21.6 Å². The van der Waals surface area contributed by atoms with Gasteiger partial charge in [0.15, 0.2) is 0 Å². The molecule has 8 heteroatoms. The van der Waals surface area contributed by atoms with Gasteiger partial charge >= 0.3 is 6.18 Å². The molecule has 0 aromatic heterocycles. The molecule has 1 heterocycles. The van der Waals surface area contributed by atoms with Gasteiger partial charge in [-0.1, -0.05) is 0 Å². The van der Waals surface area contributed by atoms with Gasteiger partial charge in [0.1, 0.15) is 0 Å². The van der Waals surface area contributed by atoms with Crippen molar-refractivity contribution in [3.63, 3.8) is 0 Å². The van der Waals surface area contributed by atoms with Gasteiger partial charge in [0.25, 0.3) is 0 Å². The number of halogens is 3. The Morgan fingerprint density at radius 3 is 2.61 bits per heavy atom. The van der Waals surface area contributed by atoms with E-state index in [1.807, 2.05) is 6.92 Å². The van der Waals surface area contributed by atoms with Gasteiger partial charge < -0.3 is 5.32 Å². The van der Waals surface area contributed by atoms with Crippen molar-refractivity contribution >= 4 is 10.0 Å². The van der Waals surface area contributed by atoms with Crippen LogP contribution in [0.5, 0.6) is 0 Å². The lowest BCUT2D eigenvalue weighted by molar-refractivity contribution is -0.134. The summed E-state index contributed by atoms with van der Waals surface area (Å²) >= 11 is 0. The molecule has 0 aromatic rings. The normalized spacial score (nSPS) is 26.2. The molecule has 1 aliphatic rings. The summed E-state index contributed by atoms with van der Waals surface area (Å²) in [5.41, 5.74) is 0. The minimum absolute atomic E-state index is 0.169. The second-order valence-corrected chi connectivity index (χ2v) is 6.61. The molecule has 4 nitrogen and oxygen atoms in total. The highest BCUT2D eigenvalue weighted by molar-refractivity contribution is 7.89. The first-order valence-electron chi connectivity index (χ1n) is 5.98. The first-order chi connectivity index (χ1) is 8.18. The lowest BCUT2D eigenvalue weighted by atomic mass is 10.0. The van der Waals surface area contributed by atoms with Gasteiger partial charge in [0.05, 0.1) is 5.75 Å². The molecule has 0 aromatic carbocycles. The van der Waals surface area contributed by atoms with Crippen molar-refractivity contribution in [2.45, 2.75) is 50.9 Å². The van der Waals surface area contributed by atoms with Gasteiger partial charge in [-0.3, -0.25) is 0 Å². The van der Waals surface area contributed by atoms with Crippen molar-refractivity contribution in [3.8, 4) is 0 Å². The molecule has 0 aliphatic carbocycles. The van der Waals surface area contributed by atoms with E-state index < -0.39 is 28.4 Å². The van der Waals surface area contributed by atoms with Crippen LogP contribution in [0.25, 0.3) is 0 Å². The third kappa shape index (κ3) is 6.55. The molecule has 1 aliphatic heterocycles. The minimum Gasteiger partial charge on any atom is -0.314 e. The first-order valence-corrected chi connectivity index (χ1v) is 7.63. The maximum atomic E-state index is 11.9. The van der Waals surface area contributed by atoms with Crippen LogP contribution >= 0.6 is 0 Å². The van der Waals surface area contributed by atoms with E-state index in [2.05, 4.69) is 10.0 Å². The Bertz CT molecular complexity index is 357. The van der Waals surface area contributed by atoms with Gasteiger partial charge in [-0.2, -0.15) is 13.2 Å². The lowest BCUT2D eigenvalue weighted by Gasteiger charge is -2.28. The van der Waals surface area contributed by atoms with Crippen LogP contribution < -0.4 is 10.0 Å². The van der Waals surface area contributed by atoms with Crippen molar-refractivity contribution in [1.82, 2.24) is 10.0 Å². The Hall–Kier alpha value is -0.340. The van der Waals surface area contributed by atoms with Crippen LogP contribution in [0.15, 0.2) is 0 Å². The average Bonchev–Trinajstić information content (AvgIpc) is 2.13. The molecule has 0 amide bonds. The Balaban J connectivity index is 2.35. The highest BCUT2D eigenvalue weighted by Gasteiger charge is 2.28. The van der Waals surface area contributed by atoms with Gasteiger partial charge in [-0.15, -0.1) is 0 Å². The standard InChI is InChI=1S/C10H19F3N2O2S/c1-8-7-9(3-5-14-8)15-18(16,17)6-2-4-10(11,12)13/h8-9,14-15H,2-7H2,1H3. The highest BCUT2D eigenvalue weighted by atomic mass is 32.2. The van der Waals surface area contributed by atoms with Gasteiger partial charge in [0, 0.05) is 18.5 Å². The van der Waals surface area contributed by atoms with Gasteiger partial charge in [-0.05, 0) is 32.7 Å². The molecule has 1 saturated heterocycles. The number of hydrogen-bond acceptors (Lipinski definition) is 3. The topological polar surface area (TPSA) is 58.2 Å². The SMILES string of the molecule is CC1CC(NS(=O)(=O)CCCC(F)(F)F)CCN1. The fourth-order valence-electron chi connectivity index (χ4n) is 2.01. The van der Waals surface area contributed by atoms with E-state index in [1.165, 1.54) is 0 Å². The Labute approximate surface area is 105 Å². The maximum absolute atomic E-state index is 11.9. The number of hydrogen-bond donors (Lipinski definition) is 2. The zero-order chi connectivity index (χ0) is 13.8. The monoisotopic (exact) mass is 288 g/mol. The summed E-state index contributed by atoms with van der Waals surface area (Å²) in [5, 5.41) is 3.18. The van der Waals surface area contributed by atoms with Crippen molar-refractivity contribution in [1.29, 1.82) is 0 Å². The molecule has 108 valence electrons. The number of nitrogens with one attached hydrogen (secondary N) is 2. The molecule has 1 rings (SSSR count). The van der Waals surface area contributed by atoms with E-state index in [4.69, 9.17) is 0 Å². The molecule has 2 N–H and O–H groups in total. The molecule has 0 saturated carbocycles. The smallest absolute Gasteiger partial charge is 0.314 e. The first kappa shape index (κ1) is 15.7. The number of alkyl halides is 3. The molecule has 2 atom stereocenters. The third-order valence-corrected chi connectivity index (χ3v) is 4.36. The summed E-state index contributed by atoms with van der Waals surface area (Å²) in [4.78, 5) is 0. The predicted molar refractivity (Wildman–Crippen MR) is 62.7 cm³/mol. The summed E-state index contributed by atoms with van der Waals surface area (Å²) in [6.45, 7) is 2.67. The van der Waals surface area contributed by atoms with Crippen molar-refractivity contribution in [2.75, 3.05) is 12.3 Å². The molecule has 0 radical (unpaired) electrons. The van der Waals surface area contributed by atoms with Gasteiger partial charge in [-0.25, -0.2) is 13.1 Å². The lowest BCUT2D eigenvalue weighted by Crippen LogP contribution is -2.47. The molecular weight excluding hydrogens is 269 g/mol.